The molecule has 7 nitrogen and oxygen atoms in total. The van der Waals surface area contributed by atoms with Crippen LogP contribution in [-0.2, 0) is 6.54 Å². The van der Waals surface area contributed by atoms with Crippen molar-refractivity contribution in [3.05, 3.63) is 86.6 Å². The number of para-hydroxylation sites is 1. The number of alkyl halides is 2. The fourth-order valence-electron chi connectivity index (χ4n) is 4.93. The minimum absolute atomic E-state index is 0.119. The van der Waals surface area contributed by atoms with E-state index in [1.165, 1.54) is 6.07 Å². The maximum absolute atomic E-state index is 13.5. The van der Waals surface area contributed by atoms with Gasteiger partial charge in [0.1, 0.15) is 5.69 Å². The van der Waals surface area contributed by atoms with Crippen molar-refractivity contribution in [3.63, 3.8) is 0 Å². The summed E-state index contributed by atoms with van der Waals surface area (Å²) in [7, 11) is 0. The zero-order chi connectivity index (χ0) is 26.1. The highest BCUT2D eigenvalue weighted by Gasteiger charge is 2.27. The molecule has 3 heterocycles. The highest BCUT2D eigenvalue weighted by molar-refractivity contribution is 6.32. The fourth-order valence-corrected chi connectivity index (χ4v) is 5.31. The SMILES string of the molecule is O=C(N[C@H]1CC[C@H](Cn2c(=O)n(-c3ccccc3Cl)c3cccnc32)CC1)c1cc(Cl)cnc1C(F)F. The van der Waals surface area contributed by atoms with Crippen molar-refractivity contribution in [2.24, 2.45) is 5.92 Å². The molecule has 37 heavy (non-hydrogen) atoms. The number of carbonyl (C=O) groups excluding carboxylic acids is 1. The molecule has 1 N–H and O–H groups in total. The number of fused-ring (bicyclic) bond motifs is 1. The summed E-state index contributed by atoms with van der Waals surface area (Å²) in [4.78, 5) is 34.3. The van der Waals surface area contributed by atoms with Gasteiger partial charge in [0.2, 0.25) is 0 Å². The van der Waals surface area contributed by atoms with E-state index < -0.39 is 18.0 Å². The second-order valence-electron chi connectivity index (χ2n) is 9.10. The normalized spacial score (nSPS) is 17.9. The Kier molecular flexibility index (Phi) is 7.26. The van der Waals surface area contributed by atoms with Crippen molar-refractivity contribution >= 4 is 40.3 Å². The second-order valence-corrected chi connectivity index (χ2v) is 9.95. The lowest BCUT2D eigenvalue weighted by Gasteiger charge is -2.29. The van der Waals surface area contributed by atoms with Crippen LogP contribution < -0.4 is 11.0 Å². The van der Waals surface area contributed by atoms with Crippen LogP contribution in [0.5, 0.6) is 0 Å². The number of nitrogens with one attached hydrogen (secondary N) is 1. The second kappa shape index (κ2) is 10.6. The molecular formula is C26H23Cl2F2N5O2. The number of hydrogen-bond acceptors (Lipinski definition) is 4. The standard InChI is InChI=1S/C26H23Cl2F2N5O2/c27-16-12-18(22(23(29)30)32-13-16)25(36)33-17-9-7-15(8-10-17)14-34-24-21(6-3-11-31-24)35(26(34)37)20-5-2-1-4-19(20)28/h1-6,11-13,15,17,23H,7-10,14H2,(H,33,36)/t15-,17-. The average molecular weight is 546 g/mol. The van der Waals surface area contributed by atoms with E-state index in [9.17, 15) is 18.4 Å². The summed E-state index contributed by atoms with van der Waals surface area (Å²) in [5.74, 6) is -0.431. The summed E-state index contributed by atoms with van der Waals surface area (Å²) in [5, 5.41) is 3.43. The predicted octanol–water partition coefficient (Wildman–Crippen LogP) is 5.82. The number of carbonyl (C=O) groups is 1. The predicted molar refractivity (Wildman–Crippen MR) is 138 cm³/mol. The van der Waals surface area contributed by atoms with Crippen molar-refractivity contribution in [2.45, 2.75) is 44.7 Å². The number of pyridine rings is 2. The first kappa shape index (κ1) is 25.4. The third kappa shape index (κ3) is 5.10. The molecule has 0 bridgehead atoms. The summed E-state index contributed by atoms with van der Waals surface area (Å²) in [6.45, 7) is 0.470. The van der Waals surface area contributed by atoms with E-state index in [-0.39, 0.29) is 28.2 Å². The Morgan fingerprint density at radius 1 is 1.08 bits per heavy atom. The zero-order valence-corrected chi connectivity index (χ0v) is 21.1. The topological polar surface area (TPSA) is 81.8 Å². The van der Waals surface area contributed by atoms with Crippen LogP contribution in [0.3, 0.4) is 0 Å². The number of aromatic nitrogens is 4. The van der Waals surface area contributed by atoms with Gasteiger partial charge in [0.05, 0.1) is 26.8 Å². The van der Waals surface area contributed by atoms with E-state index in [0.717, 1.165) is 19.0 Å². The molecule has 0 spiro atoms. The van der Waals surface area contributed by atoms with Crippen LogP contribution in [0, 0.1) is 5.92 Å². The molecule has 0 unspecified atom stereocenters. The van der Waals surface area contributed by atoms with Gasteiger partial charge in [0, 0.05) is 25.0 Å². The van der Waals surface area contributed by atoms with E-state index in [0.29, 0.717) is 41.3 Å². The maximum atomic E-state index is 13.5. The van der Waals surface area contributed by atoms with E-state index in [4.69, 9.17) is 23.2 Å². The van der Waals surface area contributed by atoms with Crippen molar-refractivity contribution < 1.29 is 13.6 Å². The van der Waals surface area contributed by atoms with Crippen molar-refractivity contribution in [2.75, 3.05) is 0 Å². The zero-order valence-electron chi connectivity index (χ0n) is 19.6. The average Bonchev–Trinajstić information content (AvgIpc) is 3.16. The molecule has 192 valence electrons. The molecule has 1 aromatic carbocycles. The summed E-state index contributed by atoms with van der Waals surface area (Å²) in [5.41, 5.74) is 0.829. The van der Waals surface area contributed by atoms with Gasteiger partial charge in [-0.05, 0) is 61.9 Å². The van der Waals surface area contributed by atoms with Gasteiger partial charge in [0.25, 0.3) is 12.3 Å². The van der Waals surface area contributed by atoms with Crippen molar-refractivity contribution in [1.82, 2.24) is 24.4 Å². The quantitative estimate of drug-likeness (QED) is 0.331. The van der Waals surface area contributed by atoms with Gasteiger partial charge in [-0.25, -0.2) is 18.6 Å². The molecule has 5 rings (SSSR count). The lowest BCUT2D eigenvalue weighted by atomic mass is 9.86. The van der Waals surface area contributed by atoms with Crippen molar-refractivity contribution in [3.8, 4) is 5.69 Å². The van der Waals surface area contributed by atoms with Crippen molar-refractivity contribution in [1.29, 1.82) is 0 Å². The Morgan fingerprint density at radius 2 is 1.84 bits per heavy atom. The molecule has 0 saturated heterocycles. The van der Waals surface area contributed by atoms with Gasteiger partial charge < -0.3 is 5.32 Å². The van der Waals surface area contributed by atoms with Crippen LogP contribution in [0.1, 0.15) is 48.2 Å². The van der Waals surface area contributed by atoms with Crippen LogP contribution in [0.15, 0.2) is 59.7 Å². The molecular weight excluding hydrogens is 523 g/mol. The van der Waals surface area contributed by atoms with Crippen LogP contribution in [-0.4, -0.2) is 31.1 Å². The fraction of sp³-hybridized carbons (Fsp3) is 0.308. The molecule has 1 aliphatic carbocycles. The van der Waals surface area contributed by atoms with Gasteiger partial charge in [-0.2, -0.15) is 0 Å². The smallest absolute Gasteiger partial charge is 0.335 e. The number of halogens is 4. The first-order valence-corrected chi connectivity index (χ1v) is 12.6. The van der Waals surface area contributed by atoms with Crippen LogP contribution in [0.2, 0.25) is 10.0 Å². The van der Waals surface area contributed by atoms with Crippen LogP contribution >= 0.6 is 23.2 Å². The first-order valence-electron chi connectivity index (χ1n) is 11.9. The molecule has 3 aromatic heterocycles. The van der Waals surface area contributed by atoms with Gasteiger partial charge in [-0.15, -0.1) is 0 Å². The highest BCUT2D eigenvalue weighted by Crippen LogP contribution is 2.29. The van der Waals surface area contributed by atoms with E-state index >= 15 is 0 Å². The minimum atomic E-state index is -2.88. The first-order chi connectivity index (χ1) is 17.8. The molecule has 0 aliphatic heterocycles. The van der Waals surface area contributed by atoms with Gasteiger partial charge in [-0.3, -0.25) is 18.9 Å². The third-order valence-electron chi connectivity index (χ3n) is 6.74. The molecule has 0 radical (unpaired) electrons. The molecule has 1 fully saturated rings. The number of hydrogen-bond donors (Lipinski definition) is 1. The molecule has 1 aliphatic rings. The number of rotatable bonds is 6. The Balaban J connectivity index is 1.31. The van der Waals surface area contributed by atoms with Gasteiger partial charge in [-0.1, -0.05) is 35.3 Å². The third-order valence-corrected chi connectivity index (χ3v) is 7.26. The lowest BCUT2D eigenvalue weighted by molar-refractivity contribution is 0.0904. The number of nitrogens with zero attached hydrogens (tertiary/aromatic N) is 4. The number of imidazole rings is 1. The highest BCUT2D eigenvalue weighted by atomic mass is 35.5. The number of amides is 1. The number of benzene rings is 1. The van der Waals surface area contributed by atoms with E-state index in [2.05, 4.69) is 15.3 Å². The molecule has 11 heteroatoms. The maximum Gasteiger partial charge on any atom is 0.335 e. The Labute approximate surface area is 221 Å². The Hall–Kier alpha value is -3.30. The summed E-state index contributed by atoms with van der Waals surface area (Å²) in [6.07, 6.45) is 2.68. The summed E-state index contributed by atoms with van der Waals surface area (Å²) in [6, 6.07) is 11.8. The van der Waals surface area contributed by atoms with Crippen LogP contribution in [0.4, 0.5) is 8.78 Å². The van der Waals surface area contributed by atoms with Gasteiger partial charge in [0.15, 0.2) is 5.65 Å². The summed E-state index contributed by atoms with van der Waals surface area (Å²) >= 11 is 12.3. The largest absolute Gasteiger partial charge is 0.349 e. The van der Waals surface area contributed by atoms with Crippen LogP contribution in [0.25, 0.3) is 16.9 Å². The summed E-state index contributed by atoms with van der Waals surface area (Å²) < 4.78 is 29.9. The molecule has 0 atom stereocenters. The Morgan fingerprint density at radius 3 is 2.57 bits per heavy atom. The van der Waals surface area contributed by atoms with E-state index in [1.807, 2.05) is 18.2 Å². The monoisotopic (exact) mass is 545 g/mol. The van der Waals surface area contributed by atoms with Gasteiger partial charge >= 0.3 is 5.69 Å². The molecule has 1 saturated carbocycles. The lowest BCUT2D eigenvalue weighted by Crippen LogP contribution is -2.39. The molecule has 1 amide bonds. The van der Waals surface area contributed by atoms with E-state index in [1.54, 1.807) is 33.5 Å². The molecule has 4 aromatic rings. The Bertz CT molecular complexity index is 1510. The minimum Gasteiger partial charge on any atom is -0.349 e.